The second-order valence-corrected chi connectivity index (χ2v) is 8.65. The Morgan fingerprint density at radius 1 is 0.606 bits per heavy atom. The summed E-state index contributed by atoms with van der Waals surface area (Å²) in [6.45, 7) is 0. The highest BCUT2D eigenvalue weighted by atomic mass is 32.1. The van der Waals surface area contributed by atoms with Crippen LogP contribution in [-0.4, -0.2) is 9.97 Å². The number of para-hydroxylation sites is 1. The molecular weight excluding hydrogens is 426 g/mol. The Morgan fingerprint density at radius 2 is 1.33 bits per heavy atom. The smallest absolute Gasteiger partial charge is 0.219 e. The van der Waals surface area contributed by atoms with E-state index in [4.69, 9.17) is 4.74 Å². The van der Waals surface area contributed by atoms with Gasteiger partial charge >= 0.3 is 0 Å². The predicted octanol–water partition coefficient (Wildman–Crippen LogP) is 8.11. The third kappa shape index (κ3) is 3.79. The molecule has 33 heavy (non-hydrogen) atoms. The van der Waals surface area contributed by atoms with E-state index < -0.39 is 0 Å². The van der Waals surface area contributed by atoms with Gasteiger partial charge in [-0.25, -0.2) is 9.97 Å². The lowest BCUT2D eigenvalue weighted by atomic mass is 10.1. The van der Waals surface area contributed by atoms with Crippen LogP contribution in [0.15, 0.2) is 116 Å². The zero-order valence-electron chi connectivity index (χ0n) is 17.6. The second-order valence-electron chi connectivity index (χ2n) is 7.57. The molecule has 158 valence electrons. The van der Waals surface area contributed by atoms with Crippen LogP contribution >= 0.6 is 11.3 Å². The van der Waals surface area contributed by atoms with Crippen molar-refractivity contribution in [2.75, 3.05) is 4.90 Å². The highest BCUT2D eigenvalue weighted by Crippen LogP contribution is 2.41. The van der Waals surface area contributed by atoms with Crippen LogP contribution in [-0.2, 0) is 0 Å². The first-order valence-electron chi connectivity index (χ1n) is 10.7. The third-order valence-electron chi connectivity index (χ3n) is 5.44. The van der Waals surface area contributed by atoms with Gasteiger partial charge in [-0.05, 0) is 66.7 Å². The van der Waals surface area contributed by atoms with E-state index in [0.717, 1.165) is 22.9 Å². The SMILES string of the molecule is c1ccc(N(c2ccc3sc4ccc(Oc5ccccn5)cc4c3c2)c2ccccn2)cc1. The lowest BCUT2D eigenvalue weighted by molar-refractivity contribution is 0.464. The summed E-state index contributed by atoms with van der Waals surface area (Å²) in [4.78, 5) is 11.1. The van der Waals surface area contributed by atoms with Crippen molar-refractivity contribution < 1.29 is 4.74 Å². The Bertz CT molecular complexity index is 1490. The molecule has 3 heterocycles. The fourth-order valence-corrected chi connectivity index (χ4v) is 5.02. The highest BCUT2D eigenvalue weighted by Gasteiger charge is 2.15. The number of ether oxygens (including phenoxy) is 1. The minimum atomic E-state index is 0.586. The molecule has 6 rings (SSSR count). The summed E-state index contributed by atoms with van der Waals surface area (Å²) in [5.74, 6) is 2.24. The van der Waals surface area contributed by atoms with E-state index in [1.54, 1.807) is 17.5 Å². The van der Waals surface area contributed by atoms with Crippen molar-refractivity contribution in [3.63, 3.8) is 0 Å². The molecule has 3 aromatic heterocycles. The lowest BCUT2D eigenvalue weighted by Crippen LogP contribution is -2.11. The molecule has 0 spiro atoms. The molecule has 0 N–H and O–H groups in total. The van der Waals surface area contributed by atoms with Crippen LogP contribution in [0.3, 0.4) is 0 Å². The van der Waals surface area contributed by atoms with E-state index in [2.05, 4.69) is 57.3 Å². The molecule has 0 aliphatic rings. The van der Waals surface area contributed by atoms with E-state index in [-0.39, 0.29) is 0 Å². The van der Waals surface area contributed by atoms with Crippen molar-refractivity contribution in [3.05, 3.63) is 116 Å². The standard InChI is InChI=1S/C28H19N3OS/c1-2-8-20(9-3-1)31(27-10-4-6-16-29-27)21-12-14-25-23(18-21)24-19-22(13-15-26(24)33-25)32-28-11-5-7-17-30-28/h1-19H. The molecule has 0 saturated carbocycles. The van der Waals surface area contributed by atoms with Gasteiger partial charge in [0.25, 0.3) is 0 Å². The quantitative estimate of drug-likeness (QED) is 0.269. The fraction of sp³-hybridized carbons (Fsp3) is 0. The van der Waals surface area contributed by atoms with Gasteiger partial charge in [0.2, 0.25) is 5.88 Å². The molecule has 0 aliphatic carbocycles. The number of hydrogen-bond donors (Lipinski definition) is 0. The van der Waals surface area contributed by atoms with E-state index in [0.29, 0.717) is 5.88 Å². The van der Waals surface area contributed by atoms with Gasteiger partial charge < -0.3 is 4.74 Å². The number of thiophene rings is 1. The predicted molar refractivity (Wildman–Crippen MR) is 136 cm³/mol. The van der Waals surface area contributed by atoms with Crippen LogP contribution in [0, 0.1) is 0 Å². The van der Waals surface area contributed by atoms with Crippen molar-refractivity contribution in [2.45, 2.75) is 0 Å². The molecule has 0 unspecified atom stereocenters. The molecule has 4 nitrogen and oxygen atoms in total. The summed E-state index contributed by atoms with van der Waals surface area (Å²) in [6, 6.07) is 34.8. The minimum Gasteiger partial charge on any atom is -0.439 e. The van der Waals surface area contributed by atoms with Crippen molar-refractivity contribution >= 4 is 48.7 Å². The van der Waals surface area contributed by atoms with Crippen molar-refractivity contribution in [1.29, 1.82) is 0 Å². The molecule has 0 amide bonds. The normalized spacial score (nSPS) is 11.0. The van der Waals surface area contributed by atoms with E-state index in [1.165, 1.54) is 20.2 Å². The molecule has 0 atom stereocenters. The van der Waals surface area contributed by atoms with Gasteiger partial charge in [0.1, 0.15) is 11.6 Å². The zero-order valence-corrected chi connectivity index (χ0v) is 18.4. The number of fused-ring (bicyclic) bond motifs is 3. The number of nitrogens with zero attached hydrogens (tertiary/aromatic N) is 3. The maximum atomic E-state index is 5.99. The first kappa shape index (κ1) is 19.5. The maximum Gasteiger partial charge on any atom is 0.219 e. The monoisotopic (exact) mass is 445 g/mol. The molecular formula is C28H19N3OS. The summed E-state index contributed by atoms with van der Waals surface area (Å²) in [6.07, 6.45) is 3.56. The van der Waals surface area contributed by atoms with Crippen LogP contribution in [0.1, 0.15) is 0 Å². The number of pyridine rings is 2. The maximum absolute atomic E-state index is 5.99. The molecule has 6 aromatic rings. The van der Waals surface area contributed by atoms with Crippen LogP contribution < -0.4 is 9.64 Å². The van der Waals surface area contributed by atoms with Crippen LogP contribution in [0.2, 0.25) is 0 Å². The van der Waals surface area contributed by atoms with Crippen molar-refractivity contribution in [3.8, 4) is 11.6 Å². The number of benzene rings is 3. The summed E-state index contributed by atoms with van der Waals surface area (Å²) >= 11 is 1.78. The number of anilines is 3. The Morgan fingerprint density at radius 3 is 2.09 bits per heavy atom. The van der Waals surface area contributed by atoms with E-state index in [9.17, 15) is 0 Å². The molecule has 0 saturated heterocycles. The number of rotatable bonds is 5. The summed E-state index contributed by atoms with van der Waals surface area (Å²) in [7, 11) is 0. The first-order chi connectivity index (χ1) is 16.3. The molecule has 3 aromatic carbocycles. The van der Waals surface area contributed by atoms with Crippen LogP contribution in [0.25, 0.3) is 20.2 Å². The molecule has 0 bridgehead atoms. The Balaban J connectivity index is 1.48. The van der Waals surface area contributed by atoms with E-state index >= 15 is 0 Å². The van der Waals surface area contributed by atoms with E-state index in [1.807, 2.05) is 66.9 Å². The molecule has 0 fully saturated rings. The summed E-state index contributed by atoms with van der Waals surface area (Å²) in [5.41, 5.74) is 2.12. The lowest BCUT2D eigenvalue weighted by Gasteiger charge is -2.24. The molecule has 0 radical (unpaired) electrons. The van der Waals surface area contributed by atoms with Crippen molar-refractivity contribution in [1.82, 2.24) is 9.97 Å². The number of aromatic nitrogens is 2. The largest absolute Gasteiger partial charge is 0.439 e. The fourth-order valence-electron chi connectivity index (χ4n) is 3.95. The first-order valence-corrected chi connectivity index (χ1v) is 11.5. The topological polar surface area (TPSA) is 38.2 Å². The van der Waals surface area contributed by atoms with Gasteiger partial charge in [-0.3, -0.25) is 4.90 Å². The van der Waals surface area contributed by atoms with Gasteiger partial charge in [-0.15, -0.1) is 11.3 Å². The summed E-state index contributed by atoms with van der Waals surface area (Å²) in [5, 5.41) is 2.36. The molecule has 0 aliphatic heterocycles. The van der Waals surface area contributed by atoms with Crippen LogP contribution in [0.4, 0.5) is 17.2 Å². The number of hydrogen-bond acceptors (Lipinski definition) is 5. The van der Waals surface area contributed by atoms with Crippen molar-refractivity contribution in [2.24, 2.45) is 0 Å². The second kappa shape index (κ2) is 8.37. The zero-order chi connectivity index (χ0) is 22.0. The van der Waals surface area contributed by atoms with Crippen LogP contribution in [0.5, 0.6) is 11.6 Å². The Labute approximate surface area is 195 Å². The van der Waals surface area contributed by atoms with Gasteiger partial charge in [-0.2, -0.15) is 0 Å². The minimum absolute atomic E-state index is 0.586. The third-order valence-corrected chi connectivity index (χ3v) is 6.59. The van der Waals surface area contributed by atoms with Gasteiger partial charge in [-0.1, -0.05) is 30.3 Å². The van der Waals surface area contributed by atoms with Gasteiger partial charge in [0.05, 0.1) is 0 Å². The van der Waals surface area contributed by atoms with Gasteiger partial charge in [0, 0.05) is 50.0 Å². The summed E-state index contributed by atoms with van der Waals surface area (Å²) < 4.78 is 8.45. The Kier molecular flexibility index (Phi) is 4.94. The Hall–Kier alpha value is -4.22. The highest BCUT2D eigenvalue weighted by molar-refractivity contribution is 7.25. The average molecular weight is 446 g/mol. The average Bonchev–Trinajstić information content (AvgIpc) is 3.24. The molecule has 5 heteroatoms. The van der Waals surface area contributed by atoms with Gasteiger partial charge in [0.15, 0.2) is 0 Å².